The van der Waals surface area contributed by atoms with Gasteiger partial charge in [0.2, 0.25) is 5.91 Å². The summed E-state index contributed by atoms with van der Waals surface area (Å²) in [6, 6.07) is 9.97. The number of fused-ring (bicyclic) bond motifs is 2. The van der Waals surface area contributed by atoms with E-state index < -0.39 is 18.0 Å². The van der Waals surface area contributed by atoms with Gasteiger partial charge in [-0.05, 0) is 42.3 Å². The Morgan fingerprint density at radius 3 is 2.84 bits per heavy atom. The zero-order chi connectivity index (χ0) is 27.1. The first-order valence-corrected chi connectivity index (χ1v) is 12.7. The number of thiophene rings is 1. The number of halogens is 2. The highest BCUT2D eigenvalue weighted by Crippen LogP contribution is 2.42. The molecule has 1 saturated heterocycles. The SMILES string of the molecule is C=CC(=O)N1CC(F)C(N(CC)c2nc(OC)nc3cc(-c4ccc(F)c5sc(N)c(C#N)c45)ccc23)C1. The highest BCUT2D eigenvalue weighted by molar-refractivity contribution is 7.23. The van der Waals surface area contributed by atoms with Crippen molar-refractivity contribution in [1.82, 2.24) is 14.9 Å². The Kier molecular flexibility index (Phi) is 6.59. The lowest BCUT2D eigenvalue weighted by Gasteiger charge is -2.30. The van der Waals surface area contributed by atoms with Crippen molar-refractivity contribution in [2.24, 2.45) is 0 Å². The fourth-order valence-corrected chi connectivity index (χ4v) is 5.95. The van der Waals surface area contributed by atoms with Crippen molar-refractivity contribution in [3.63, 3.8) is 0 Å². The van der Waals surface area contributed by atoms with Gasteiger partial charge in [-0.15, -0.1) is 11.3 Å². The van der Waals surface area contributed by atoms with Gasteiger partial charge in [0, 0.05) is 23.9 Å². The van der Waals surface area contributed by atoms with Crippen LogP contribution in [0.15, 0.2) is 43.0 Å². The molecule has 0 spiro atoms. The van der Waals surface area contributed by atoms with Crippen LogP contribution in [0.25, 0.3) is 32.1 Å². The molecule has 2 atom stereocenters. The number of aromatic nitrogens is 2. The number of nitrogen functional groups attached to an aromatic ring is 1. The predicted molar refractivity (Wildman–Crippen MR) is 144 cm³/mol. The fourth-order valence-electron chi connectivity index (χ4n) is 5.00. The van der Waals surface area contributed by atoms with Crippen molar-refractivity contribution < 1.29 is 18.3 Å². The highest BCUT2D eigenvalue weighted by atomic mass is 32.1. The molecule has 1 amide bonds. The summed E-state index contributed by atoms with van der Waals surface area (Å²) >= 11 is 1.03. The van der Waals surface area contributed by atoms with Crippen molar-refractivity contribution in [2.75, 3.05) is 37.4 Å². The van der Waals surface area contributed by atoms with E-state index in [0.717, 1.165) is 11.3 Å². The molecule has 11 heteroatoms. The van der Waals surface area contributed by atoms with Crippen LogP contribution in [0.5, 0.6) is 6.01 Å². The Bertz CT molecular complexity index is 1630. The Balaban J connectivity index is 1.65. The van der Waals surface area contributed by atoms with Crippen LogP contribution in [0.3, 0.4) is 0 Å². The lowest BCUT2D eigenvalue weighted by atomic mass is 9.98. The normalized spacial score (nSPS) is 17.1. The topological polar surface area (TPSA) is 108 Å². The van der Waals surface area contributed by atoms with E-state index in [4.69, 9.17) is 10.5 Å². The van der Waals surface area contributed by atoms with Gasteiger partial charge in [0.05, 0.1) is 35.5 Å². The minimum Gasteiger partial charge on any atom is -0.467 e. The molecule has 0 saturated carbocycles. The number of likely N-dealkylation sites (N-methyl/N-ethyl adjacent to an activating group) is 1. The smallest absolute Gasteiger partial charge is 0.318 e. The number of hydrogen-bond donors (Lipinski definition) is 1. The number of hydrogen-bond acceptors (Lipinski definition) is 8. The zero-order valence-corrected chi connectivity index (χ0v) is 21.6. The summed E-state index contributed by atoms with van der Waals surface area (Å²) in [5, 5.41) is 11.0. The molecule has 2 unspecified atom stereocenters. The predicted octanol–water partition coefficient (Wildman–Crippen LogP) is 4.67. The standard InChI is InChI=1S/C27H24F2N6O2S/c1-4-22(36)34-12-19(29)21(13-34)35(5-2)26-16-7-6-14(10-20(16)32-27(33-26)37-3)15-8-9-18(28)24-23(15)17(11-30)25(31)38-24/h4,6-10,19,21H,1,5,12-13,31H2,2-3H3. The number of nitrogens with two attached hydrogens (primary N) is 1. The molecule has 4 aromatic rings. The molecule has 2 aromatic carbocycles. The monoisotopic (exact) mass is 534 g/mol. The number of alkyl halides is 1. The Morgan fingerprint density at radius 2 is 2.16 bits per heavy atom. The van der Waals surface area contributed by atoms with Crippen LogP contribution < -0.4 is 15.4 Å². The number of nitrogens with zero attached hydrogens (tertiary/aromatic N) is 5. The lowest BCUT2D eigenvalue weighted by Crippen LogP contribution is -2.43. The summed E-state index contributed by atoms with van der Waals surface area (Å²) in [7, 11) is 1.44. The highest BCUT2D eigenvalue weighted by Gasteiger charge is 2.39. The van der Waals surface area contributed by atoms with Gasteiger partial charge in [-0.2, -0.15) is 15.2 Å². The summed E-state index contributed by atoms with van der Waals surface area (Å²) in [4.78, 5) is 24.4. The van der Waals surface area contributed by atoms with E-state index in [1.54, 1.807) is 12.1 Å². The maximum atomic E-state index is 15.2. The van der Waals surface area contributed by atoms with Crippen LogP contribution in [0, 0.1) is 17.1 Å². The average molecular weight is 535 g/mol. The fraction of sp³-hybridized carbons (Fsp3) is 0.259. The second-order valence-corrected chi connectivity index (χ2v) is 9.89. The number of rotatable bonds is 6. The third-order valence-electron chi connectivity index (χ3n) is 6.80. The molecule has 0 radical (unpaired) electrons. The molecule has 3 heterocycles. The molecule has 1 fully saturated rings. The van der Waals surface area contributed by atoms with Crippen LogP contribution in [0.2, 0.25) is 0 Å². The number of ether oxygens (including phenoxy) is 1. The minimum absolute atomic E-state index is 0.0259. The lowest BCUT2D eigenvalue weighted by molar-refractivity contribution is -0.125. The summed E-state index contributed by atoms with van der Waals surface area (Å²) in [6.07, 6.45) is -0.101. The second-order valence-electron chi connectivity index (χ2n) is 8.83. The largest absolute Gasteiger partial charge is 0.467 e. The van der Waals surface area contributed by atoms with E-state index in [0.29, 0.717) is 44.5 Å². The number of carbonyl (C=O) groups is 1. The average Bonchev–Trinajstić information content (AvgIpc) is 3.48. The molecule has 1 aliphatic rings. The summed E-state index contributed by atoms with van der Waals surface area (Å²) in [5.41, 5.74) is 8.09. The number of amides is 1. The number of carbonyl (C=O) groups excluding carboxylic acids is 1. The van der Waals surface area contributed by atoms with Crippen LogP contribution in [0.1, 0.15) is 12.5 Å². The number of nitriles is 1. The van der Waals surface area contributed by atoms with Gasteiger partial charge in [-0.3, -0.25) is 4.79 Å². The number of methoxy groups -OCH3 is 1. The van der Waals surface area contributed by atoms with Gasteiger partial charge in [-0.25, -0.2) is 8.78 Å². The number of anilines is 2. The zero-order valence-electron chi connectivity index (χ0n) is 20.7. The van der Waals surface area contributed by atoms with E-state index in [9.17, 15) is 14.4 Å². The van der Waals surface area contributed by atoms with E-state index in [-0.39, 0.29) is 35.6 Å². The van der Waals surface area contributed by atoms with Gasteiger partial charge in [0.25, 0.3) is 0 Å². The Hall–Kier alpha value is -4.30. The molecule has 5 rings (SSSR count). The van der Waals surface area contributed by atoms with E-state index in [2.05, 4.69) is 22.6 Å². The molecule has 1 aliphatic heterocycles. The summed E-state index contributed by atoms with van der Waals surface area (Å²) < 4.78 is 35.4. The molecular weight excluding hydrogens is 510 g/mol. The van der Waals surface area contributed by atoms with Gasteiger partial charge < -0.3 is 20.3 Å². The first-order valence-electron chi connectivity index (χ1n) is 11.9. The Morgan fingerprint density at radius 1 is 1.37 bits per heavy atom. The molecule has 194 valence electrons. The molecule has 38 heavy (non-hydrogen) atoms. The van der Waals surface area contributed by atoms with Crippen molar-refractivity contribution >= 4 is 49.1 Å². The van der Waals surface area contributed by atoms with Crippen LogP contribution in [0.4, 0.5) is 19.6 Å². The first kappa shape index (κ1) is 25.4. The first-order chi connectivity index (χ1) is 18.3. The van der Waals surface area contributed by atoms with E-state index in [1.807, 2.05) is 24.0 Å². The van der Waals surface area contributed by atoms with Crippen molar-refractivity contribution in [1.29, 1.82) is 5.26 Å². The van der Waals surface area contributed by atoms with E-state index >= 15 is 4.39 Å². The number of likely N-dealkylation sites (tertiary alicyclic amines) is 1. The quantitative estimate of drug-likeness (QED) is 0.358. The minimum atomic E-state index is -1.28. The maximum absolute atomic E-state index is 15.2. The number of benzene rings is 2. The maximum Gasteiger partial charge on any atom is 0.318 e. The molecule has 0 bridgehead atoms. The van der Waals surface area contributed by atoms with Crippen molar-refractivity contribution in [3.8, 4) is 23.2 Å². The van der Waals surface area contributed by atoms with Gasteiger partial charge in [-0.1, -0.05) is 18.7 Å². The van der Waals surface area contributed by atoms with Gasteiger partial charge >= 0.3 is 6.01 Å². The van der Waals surface area contributed by atoms with E-state index in [1.165, 1.54) is 24.2 Å². The van der Waals surface area contributed by atoms with Crippen molar-refractivity contribution in [2.45, 2.75) is 19.1 Å². The van der Waals surface area contributed by atoms with Crippen LogP contribution >= 0.6 is 11.3 Å². The van der Waals surface area contributed by atoms with Gasteiger partial charge in [0.15, 0.2) is 0 Å². The molecular formula is C27H24F2N6O2S. The Labute approximate surface area is 221 Å². The van der Waals surface area contributed by atoms with Crippen molar-refractivity contribution in [3.05, 3.63) is 54.4 Å². The molecule has 2 N–H and O–H groups in total. The van der Waals surface area contributed by atoms with Gasteiger partial charge in [0.1, 0.15) is 28.9 Å². The third kappa shape index (κ3) is 4.07. The molecule has 8 nitrogen and oxygen atoms in total. The molecule has 2 aromatic heterocycles. The van der Waals surface area contributed by atoms with Crippen LogP contribution in [-0.2, 0) is 4.79 Å². The molecule has 0 aliphatic carbocycles. The third-order valence-corrected chi connectivity index (χ3v) is 7.83. The summed E-state index contributed by atoms with van der Waals surface area (Å²) in [6.45, 7) is 5.98. The second kappa shape index (κ2) is 9.87. The van der Waals surface area contributed by atoms with Crippen LogP contribution in [-0.4, -0.2) is 59.7 Å². The summed E-state index contributed by atoms with van der Waals surface area (Å²) in [5.74, 6) is -0.297.